The van der Waals surface area contributed by atoms with Crippen molar-refractivity contribution >= 4 is 17.3 Å². The highest BCUT2D eigenvalue weighted by Gasteiger charge is 2.19. The van der Waals surface area contributed by atoms with Gasteiger partial charge in [-0.1, -0.05) is 13.8 Å². The minimum absolute atomic E-state index is 0.0924. The molecule has 3 aromatic rings. The highest BCUT2D eigenvalue weighted by molar-refractivity contribution is 5.96. The minimum Gasteiger partial charge on any atom is -0.480 e. The summed E-state index contributed by atoms with van der Waals surface area (Å²) >= 11 is 0. The molecule has 3 heterocycles. The van der Waals surface area contributed by atoms with Crippen LogP contribution in [0.15, 0.2) is 24.4 Å². The molecule has 0 aliphatic rings. The van der Waals surface area contributed by atoms with E-state index in [-0.39, 0.29) is 6.04 Å². The summed E-state index contributed by atoms with van der Waals surface area (Å²) in [6.45, 7) is 8.81. The second-order valence-corrected chi connectivity index (χ2v) is 7.38. The predicted octanol–water partition coefficient (Wildman–Crippen LogP) is 4.56. The summed E-state index contributed by atoms with van der Waals surface area (Å²) < 4.78 is 12.9. The molecule has 0 N–H and O–H groups in total. The molecule has 28 heavy (non-hydrogen) atoms. The number of carbonyl (C=O) groups is 1. The van der Waals surface area contributed by atoms with Gasteiger partial charge in [0.15, 0.2) is 6.29 Å². The maximum Gasteiger partial charge on any atom is 0.222 e. The number of aldehydes is 1. The first-order valence-corrected chi connectivity index (χ1v) is 9.42. The molecule has 1 atom stereocenters. The number of rotatable bonds is 7. The number of pyridine rings is 2. The summed E-state index contributed by atoms with van der Waals surface area (Å²) in [6.07, 6.45) is 2.69. The number of aromatic nitrogens is 3. The standard InChI is InChI=1S/C22H27N3O3/c1-13(2)18-8-7-17(22(23-18)28-6)20-14(3)9-19-21(24-20)16(11-26)10-25(19)15(4)12-27-5/h7-11,13,15H,12H2,1-6H3. The van der Waals surface area contributed by atoms with Crippen molar-refractivity contribution in [3.05, 3.63) is 41.2 Å². The first kappa shape index (κ1) is 20.0. The highest BCUT2D eigenvalue weighted by atomic mass is 16.5. The van der Waals surface area contributed by atoms with Gasteiger partial charge in [0.25, 0.3) is 0 Å². The summed E-state index contributed by atoms with van der Waals surface area (Å²) in [5.74, 6) is 0.846. The monoisotopic (exact) mass is 381 g/mol. The zero-order chi connectivity index (χ0) is 20.4. The normalized spacial score (nSPS) is 12.5. The SMILES string of the molecule is COCC(C)n1cc(C=O)c2nc(-c3ccc(C(C)C)nc3OC)c(C)cc21. The lowest BCUT2D eigenvalue weighted by molar-refractivity contribution is 0.112. The molecule has 0 aliphatic carbocycles. The van der Waals surface area contributed by atoms with Crippen molar-refractivity contribution < 1.29 is 14.3 Å². The number of nitrogens with zero attached hydrogens (tertiary/aromatic N) is 3. The smallest absolute Gasteiger partial charge is 0.222 e. The van der Waals surface area contributed by atoms with Crippen molar-refractivity contribution in [3.8, 4) is 17.1 Å². The van der Waals surface area contributed by atoms with Crippen molar-refractivity contribution in [2.75, 3.05) is 20.8 Å². The molecule has 6 heteroatoms. The third-order valence-electron chi connectivity index (χ3n) is 4.95. The Labute approximate surface area is 165 Å². The number of methoxy groups -OCH3 is 2. The van der Waals surface area contributed by atoms with Gasteiger partial charge in [-0.05, 0) is 43.5 Å². The average Bonchev–Trinajstić information content (AvgIpc) is 3.04. The molecular formula is C22H27N3O3. The Hall–Kier alpha value is -2.73. The zero-order valence-corrected chi connectivity index (χ0v) is 17.3. The Morgan fingerprint density at radius 1 is 1.18 bits per heavy atom. The van der Waals surface area contributed by atoms with Crippen molar-refractivity contribution in [1.82, 2.24) is 14.5 Å². The fourth-order valence-electron chi connectivity index (χ4n) is 3.45. The molecule has 0 aromatic carbocycles. The molecule has 0 radical (unpaired) electrons. The first-order valence-electron chi connectivity index (χ1n) is 9.42. The van der Waals surface area contributed by atoms with E-state index < -0.39 is 0 Å². The maximum absolute atomic E-state index is 11.7. The summed E-state index contributed by atoms with van der Waals surface area (Å²) in [4.78, 5) is 21.2. The van der Waals surface area contributed by atoms with Crippen LogP contribution in [0.3, 0.4) is 0 Å². The van der Waals surface area contributed by atoms with E-state index in [1.807, 2.05) is 29.8 Å². The molecule has 3 aromatic heterocycles. The Morgan fingerprint density at radius 2 is 1.93 bits per heavy atom. The lowest BCUT2D eigenvalue weighted by Gasteiger charge is -2.16. The summed E-state index contributed by atoms with van der Waals surface area (Å²) in [5, 5.41) is 0. The van der Waals surface area contributed by atoms with Gasteiger partial charge in [-0.25, -0.2) is 9.97 Å². The van der Waals surface area contributed by atoms with Gasteiger partial charge in [0.05, 0.1) is 47.6 Å². The van der Waals surface area contributed by atoms with Crippen LogP contribution in [-0.2, 0) is 4.74 Å². The fraction of sp³-hybridized carbons (Fsp3) is 0.409. The molecule has 3 rings (SSSR count). The Balaban J connectivity index is 2.21. The van der Waals surface area contributed by atoms with Crippen LogP contribution in [0, 0.1) is 6.92 Å². The van der Waals surface area contributed by atoms with Crippen LogP contribution in [0.5, 0.6) is 5.88 Å². The molecule has 1 unspecified atom stereocenters. The van der Waals surface area contributed by atoms with Crippen LogP contribution in [0.2, 0.25) is 0 Å². The lowest BCUT2D eigenvalue weighted by atomic mass is 10.0. The van der Waals surface area contributed by atoms with Gasteiger partial charge in [0, 0.05) is 19.0 Å². The Bertz CT molecular complexity index is 1010. The number of hydrogen-bond donors (Lipinski definition) is 0. The van der Waals surface area contributed by atoms with E-state index in [1.54, 1.807) is 14.2 Å². The number of fused-ring (bicyclic) bond motifs is 1. The van der Waals surface area contributed by atoms with Crippen LogP contribution >= 0.6 is 0 Å². The van der Waals surface area contributed by atoms with Gasteiger partial charge in [-0.2, -0.15) is 0 Å². The topological polar surface area (TPSA) is 66.2 Å². The number of carbonyl (C=O) groups excluding carboxylic acids is 1. The van der Waals surface area contributed by atoms with Gasteiger partial charge in [0.2, 0.25) is 5.88 Å². The average molecular weight is 381 g/mol. The third kappa shape index (κ3) is 3.52. The van der Waals surface area contributed by atoms with E-state index >= 15 is 0 Å². The Morgan fingerprint density at radius 3 is 2.54 bits per heavy atom. The molecule has 148 valence electrons. The van der Waals surface area contributed by atoms with Crippen molar-refractivity contribution in [1.29, 1.82) is 0 Å². The molecule has 0 saturated heterocycles. The van der Waals surface area contributed by atoms with Crippen LogP contribution in [0.25, 0.3) is 22.3 Å². The van der Waals surface area contributed by atoms with Crippen LogP contribution in [0.4, 0.5) is 0 Å². The maximum atomic E-state index is 11.7. The summed E-state index contributed by atoms with van der Waals surface area (Å²) in [6, 6.07) is 6.15. The largest absolute Gasteiger partial charge is 0.480 e. The van der Waals surface area contributed by atoms with Gasteiger partial charge >= 0.3 is 0 Å². The predicted molar refractivity (Wildman–Crippen MR) is 110 cm³/mol. The molecule has 0 fully saturated rings. The number of ether oxygens (including phenoxy) is 2. The molecule has 0 bridgehead atoms. The van der Waals surface area contributed by atoms with Crippen LogP contribution in [-0.4, -0.2) is 41.6 Å². The van der Waals surface area contributed by atoms with Gasteiger partial charge in [-0.15, -0.1) is 0 Å². The van der Waals surface area contributed by atoms with Crippen molar-refractivity contribution in [2.45, 2.75) is 39.7 Å². The van der Waals surface area contributed by atoms with E-state index in [9.17, 15) is 4.79 Å². The van der Waals surface area contributed by atoms with Gasteiger partial charge in [-0.3, -0.25) is 4.79 Å². The van der Waals surface area contributed by atoms with Gasteiger partial charge < -0.3 is 14.0 Å². The van der Waals surface area contributed by atoms with E-state index in [4.69, 9.17) is 14.5 Å². The quantitative estimate of drug-likeness (QED) is 0.561. The molecular weight excluding hydrogens is 354 g/mol. The molecule has 0 saturated carbocycles. The highest BCUT2D eigenvalue weighted by Crippen LogP contribution is 2.34. The van der Waals surface area contributed by atoms with Crippen LogP contribution in [0.1, 0.15) is 54.3 Å². The van der Waals surface area contributed by atoms with Gasteiger partial charge in [0.1, 0.15) is 0 Å². The fourth-order valence-corrected chi connectivity index (χ4v) is 3.45. The Kier molecular flexibility index (Phi) is 5.79. The van der Waals surface area contributed by atoms with Crippen molar-refractivity contribution in [2.24, 2.45) is 0 Å². The summed E-state index contributed by atoms with van der Waals surface area (Å²) in [7, 11) is 3.29. The second-order valence-electron chi connectivity index (χ2n) is 7.38. The van der Waals surface area contributed by atoms with Crippen molar-refractivity contribution in [3.63, 3.8) is 0 Å². The minimum atomic E-state index is 0.0924. The zero-order valence-electron chi connectivity index (χ0n) is 17.3. The molecule has 0 aliphatic heterocycles. The van der Waals surface area contributed by atoms with Crippen LogP contribution < -0.4 is 4.74 Å². The molecule has 0 spiro atoms. The summed E-state index contributed by atoms with van der Waals surface area (Å²) in [5.41, 5.74) is 5.70. The second kappa shape index (κ2) is 8.10. The molecule has 6 nitrogen and oxygen atoms in total. The third-order valence-corrected chi connectivity index (χ3v) is 4.95. The van der Waals surface area contributed by atoms with E-state index in [2.05, 4.69) is 31.8 Å². The number of aryl methyl sites for hydroxylation is 1. The molecule has 0 amide bonds. The van der Waals surface area contributed by atoms with E-state index in [0.717, 1.165) is 34.3 Å². The number of hydrogen-bond acceptors (Lipinski definition) is 5. The lowest BCUT2D eigenvalue weighted by Crippen LogP contribution is -2.10. The van der Waals surface area contributed by atoms with E-state index in [1.165, 1.54) is 0 Å². The first-order chi connectivity index (χ1) is 13.4. The van der Waals surface area contributed by atoms with E-state index in [0.29, 0.717) is 29.5 Å².